The van der Waals surface area contributed by atoms with Crippen LogP contribution >= 0.6 is 0 Å². The van der Waals surface area contributed by atoms with Crippen LogP contribution in [0.3, 0.4) is 0 Å². The number of ether oxygens (including phenoxy) is 1. The molecule has 0 bridgehead atoms. The molecular weight excluding hydrogens is 399 g/mol. The lowest BCUT2D eigenvalue weighted by molar-refractivity contribution is -0.125. The molecule has 1 aromatic rings. The Morgan fingerprint density at radius 3 is 2.48 bits per heavy atom. The minimum atomic E-state index is -3.85. The molecule has 0 unspecified atom stereocenters. The first kappa shape index (κ1) is 23.3. The van der Waals surface area contributed by atoms with Crippen LogP contribution in [0, 0.1) is 11.7 Å². The van der Waals surface area contributed by atoms with Crippen LogP contribution in [0.4, 0.5) is 4.39 Å². The van der Waals surface area contributed by atoms with Crippen molar-refractivity contribution in [1.82, 2.24) is 9.62 Å². The predicted molar refractivity (Wildman–Crippen MR) is 106 cm³/mol. The third-order valence-electron chi connectivity index (χ3n) is 5.29. The lowest BCUT2D eigenvalue weighted by Gasteiger charge is -2.29. The molecule has 1 aromatic carbocycles. The molecule has 2 rings (SSSR count). The molecule has 0 radical (unpaired) electrons. The summed E-state index contributed by atoms with van der Waals surface area (Å²) in [5, 5.41) is 2.84. The van der Waals surface area contributed by atoms with Crippen molar-refractivity contribution in [3.05, 3.63) is 29.6 Å². The Kier molecular flexibility index (Phi) is 8.15. The Hall–Kier alpha value is -2.00. The summed E-state index contributed by atoms with van der Waals surface area (Å²) in [4.78, 5) is 24.2. The van der Waals surface area contributed by atoms with E-state index in [4.69, 9.17) is 4.74 Å². The average molecular weight is 429 g/mol. The van der Waals surface area contributed by atoms with Crippen LogP contribution in [0.25, 0.3) is 0 Å². The van der Waals surface area contributed by atoms with Crippen LogP contribution in [-0.4, -0.2) is 50.3 Å². The number of carbonyl (C=O) groups is 2. The highest BCUT2D eigenvalue weighted by molar-refractivity contribution is 7.89. The van der Waals surface area contributed by atoms with Gasteiger partial charge in [-0.1, -0.05) is 33.6 Å². The predicted octanol–water partition coefficient (Wildman–Crippen LogP) is 2.71. The number of benzene rings is 1. The Bertz CT molecular complexity index is 839. The van der Waals surface area contributed by atoms with E-state index in [2.05, 4.69) is 12.2 Å². The number of carbonyl (C=O) groups excluding carboxylic acids is 2. The molecule has 1 aliphatic rings. The maximum atomic E-state index is 14.1. The summed E-state index contributed by atoms with van der Waals surface area (Å²) in [7, 11) is -3.85. The van der Waals surface area contributed by atoms with Gasteiger partial charge in [0, 0.05) is 19.1 Å². The summed E-state index contributed by atoms with van der Waals surface area (Å²) >= 11 is 0. The highest BCUT2D eigenvalue weighted by atomic mass is 32.2. The van der Waals surface area contributed by atoms with E-state index in [9.17, 15) is 22.4 Å². The number of rotatable bonds is 8. The second-order valence-electron chi connectivity index (χ2n) is 7.24. The summed E-state index contributed by atoms with van der Waals surface area (Å²) in [6, 6.07) is 3.01. The number of hydrogen-bond donors (Lipinski definition) is 1. The van der Waals surface area contributed by atoms with E-state index >= 15 is 0 Å². The van der Waals surface area contributed by atoms with E-state index in [1.54, 1.807) is 13.8 Å². The van der Waals surface area contributed by atoms with Gasteiger partial charge in [0.25, 0.3) is 5.91 Å². The van der Waals surface area contributed by atoms with E-state index in [0.717, 1.165) is 43.9 Å². The van der Waals surface area contributed by atoms with E-state index in [-0.39, 0.29) is 24.0 Å². The van der Waals surface area contributed by atoms with E-state index in [1.807, 2.05) is 0 Å². The van der Waals surface area contributed by atoms with Gasteiger partial charge < -0.3 is 10.1 Å². The maximum absolute atomic E-state index is 14.1. The van der Waals surface area contributed by atoms with Crippen LogP contribution < -0.4 is 5.32 Å². The second kappa shape index (κ2) is 10.2. The number of halogens is 1. The fourth-order valence-electron chi connectivity index (χ4n) is 3.52. The van der Waals surface area contributed by atoms with Gasteiger partial charge >= 0.3 is 5.97 Å². The standard InChI is InChI=1S/C20H29FN2O5S/c1-4-23(5-2)29(26,27)15-10-11-17(21)16(12-15)20(25)28-13-19(24)22-18-9-7-6-8-14(18)3/h10-12,14,18H,4-9,13H2,1-3H3,(H,22,24)/t14-,18-/m0/s1. The molecule has 9 heteroatoms. The molecule has 0 spiro atoms. The first-order valence-corrected chi connectivity index (χ1v) is 11.4. The molecule has 0 heterocycles. The molecule has 0 aromatic heterocycles. The lowest BCUT2D eigenvalue weighted by Crippen LogP contribution is -2.42. The van der Waals surface area contributed by atoms with Crippen molar-refractivity contribution in [2.75, 3.05) is 19.7 Å². The summed E-state index contributed by atoms with van der Waals surface area (Å²) in [6.07, 6.45) is 4.08. The topological polar surface area (TPSA) is 92.8 Å². The Morgan fingerprint density at radius 1 is 1.21 bits per heavy atom. The minimum Gasteiger partial charge on any atom is -0.452 e. The number of amides is 1. The van der Waals surface area contributed by atoms with Gasteiger partial charge in [-0.3, -0.25) is 4.79 Å². The lowest BCUT2D eigenvalue weighted by atomic mass is 9.86. The first-order chi connectivity index (χ1) is 13.7. The zero-order chi connectivity index (χ0) is 21.6. The van der Waals surface area contributed by atoms with E-state index < -0.39 is 39.9 Å². The van der Waals surface area contributed by atoms with Gasteiger partial charge in [0.2, 0.25) is 10.0 Å². The quantitative estimate of drug-likeness (QED) is 0.643. The van der Waals surface area contributed by atoms with Crippen LogP contribution in [0.2, 0.25) is 0 Å². The van der Waals surface area contributed by atoms with Crippen LogP contribution in [-0.2, 0) is 19.6 Å². The highest BCUT2D eigenvalue weighted by Crippen LogP contribution is 2.24. The second-order valence-corrected chi connectivity index (χ2v) is 9.18. The first-order valence-electron chi connectivity index (χ1n) is 9.96. The van der Waals surface area contributed by atoms with E-state index in [1.165, 1.54) is 4.31 Å². The van der Waals surface area contributed by atoms with Gasteiger partial charge in [0.05, 0.1) is 10.5 Å². The average Bonchev–Trinajstić information content (AvgIpc) is 2.69. The third kappa shape index (κ3) is 5.76. The maximum Gasteiger partial charge on any atom is 0.341 e. The van der Waals surface area contributed by atoms with Gasteiger partial charge in [0.15, 0.2) is 6.61 Å². The van der Waals surface area contributed by atoms with Crippen LogP contribution in [0.1, 0.15) is 56.8 Å². The van der Waals surface area contributed by atoms with E-state index in [0.29, 0.717) is 5.92 Å². The molecule has 0 aliphatic heterocycles. The minimum absolute atomic E-state index is 0.0363. The van der Waals surface area contributed by atoms with Gasteiger partial charge in [0.1, 0.15) is 5.82 Å². The molecule has 0 saturated heterocycles. The Morgan fingerprint density at radius 2 is 1.86 bits per heavy atom. The van der Waals surface area contributed by atoms with Crippen molar-refractivity contribution in [3.8, 4) is 0 Å². The van der Waals surface area contributed by atoms with Crippen LogP contribution in [0.5, 0.6) is 0 Å². The summed E-state index contributed by atoms with van der Waals surface area (Å²) in [6.45, 7) is 5.38. The van der Waals surface area contributed by atoms with Gasteiger partial charge in [-0.05, 0) is 37.0 Å². The third-order valence-corrected chi connectivity index (χ3v) is 7.34. The monoisotopic (exact) mass is 428 g/mol. The number of nitrogens with one attached hydrogen (secondary N) is 1. The van der Waals surface area contributed by atoms with Crippen LogP contribution in [0.15, 0.2) is 23.1 Å². The zero-order valence-electron chi connectivity index (χ0n) is 17.1. The van der Waals surface area contributed by atoms with Crippen molar-refractivity contribution in [2.45, 2.75) is 57.4 Å². The molecule has 1 aliphatic carbocycles. The molecule has 1 N–H and O–H groups in total. The Balaban J connectivity index is 2.06. The van der Waals surface area contributed by atoms with Gasteiger partial charge in [-0.2, -0.15) is 4.31 Å². The molecule has 1 amide bonds. The normalized spacial score (nSPS) is 19.8. The SMILES string of the molecule is CCN(CC)S(=O)(=O)c1ccc(F)c(C(=O)OCC(=O)N[C@H]2CCCC[C@@H]2C)c1. The molecule has 2 atom stereocenters. The highest BCUT2D eigenvalue weighted by Gasteiger charge is 2.26. The summed E-state index contributed by atoms with van der Waals surface area (Å²) < 4.78 is 45.4. The molecular formula is C20H29FN2O5S. The van der Waals surface area contributed by atoms with Gasteiger partial charge in [-0.25, -0.2) is 17.6 Å². The molecule has 162 valence electrons. The Labute approximate surface area is 171 Å². The van der Waals surface area contributed by atoms with Crippen molar-refractivity contribution >= 4 is 21.9 Å². The van der Waals surface area contributed by atoms with Crippen molar-refractivity contribution in [3.63, 3.8) is 0 Å². The molecule has 7 nitrogen and oxygen atoms in total. The van der Waals surface area contributed by atoms with Crippen molar-refractivity contribution < 1.29 is 27.1 Å². The van der Waals surface area contributed by atoms with Crippen molar-refractivity contribution in [2.24, 2.45) is 5.92 Å². The largest absolute Gasteiger partial charge is 0.452 e. The number of esters is 1. The molecule has 1 fully saturated rings. The number of sulfonamides is 1. The van der Waals surface area contributed by atoms with Gasteiger partial charge in [-0.15, -0.1) is 0 Å². The molecule has 29 heavy (non-hydrogen) atoms. The van der Waals surface area contributed by atoms with Crippen molar-refractivity contribution in [1.29, 1.82) is 0 Å². The number of hydrogen-bond acceptors (Lipinski definition) is 5. The smallest absolute Gasteiger partial charge is 0.341 e. The summed E-state index contributed by atoms with van der Waals surface area (Å²) in [5.74, 6) is -2.09. The fourth-order valence-corrected chi connectivity index (χ4v) is 5.01. The summed E-state index contributed by atoms with van der Waals surface area (Å²) in [5.41, 5.74) is -0.517. The molecule has 1 saturated carbocycles. The number of nitrogens with zero attached hydrogens (tertiary/aromatic N) is 1. The fraction of sp³-hybridized carbons (Fsp3) is 0.600. The zero-order valence-corrected chi connectivity index (χ0v) is 17.9.